The van der Waals surface area contributed by atoms with Gasteiger partial charge in [-0.05, 0) is 49.6 Å². The fourth-order valence-electron chi connectivity index (χ4n) is 4.16. The molecule has 0 radical (unpaired) electrons. The summed E-state index contributed by atoms with van der Waals surface area (Å²) in [6, 6.07) is 22.6. The molecule has 1 aliphatic heterocycles. The normalized spacial score (nSPS) is 13.3. The molecule has 5 rings (SSSR count). The van der Waals surface area contributed by atoms with Gasteiger partial charge in [-0.1, -0.05) is 54.1 Å². The minimum atomic E-state index is -0.233. The molecule has 0 saturated heterocycles. The van der Waals surface area contributed by atoms with E-state index in [0.717, 1.165) is 18.5 Å². The molecule has 0 unspecified atom stereocenters. The number of fused-ring (bicyclic) bond motifs is 2. The average Bonchev–Trinajstić information content (AvgIpc) is 2.79. The van der Waals surface area contributed by atoms with E-state index in [1.807, 2.05) is 54.6 Å². The molecule has 0 bridgehead atoms. The zero-order chi connectivity index (χ0) is 20.7. The molecule has 30 heavy (non-hydrogen) atoms. The first-order valence-electron chi connectivity index (χ1n) is 10.1. The molecule has 0 atom stereocenters. The number of anilines is 1. The van der Waals surface area contributed by atoms with Crippen molar-refractivity contribution in [3.05, 3.63) is 100.0 Å². The van der Waals surface area contributed by atoms with E-state index in [2.05, 4.69) is 18.1 Å². The number of carbonyl (C=O) groups excluding carboxylic acids is 1. The number of hydrogen-bond donors (Lipinski definition) is 0. The van der Waals surface area contributed by atoms with Gasteiger partial charge in [0.25, 0.3) is 11.5 Å². The van der Waals surface area contributed by atoms with Crippen LogP contribution in [0, 0.1) is 6.92 Å². The van der Waals surface area contributed by atoms with Crippen LogP contribution in [-0.2, 0) is 6.42 Å². The van der Waals surface area contributed by atoms with Crippen molar-refractivity contribution < 1.29 is 4.79 Å². The summed E-state index contributed by atoms with van der Waals surface area (Å²) in [7, 11) is 0. The van der Waals surface area contributed by atoms with E-state index in [1.54, 1.807) is 17.0 Å². The summed E-state index contributed by atoms with van der Waals surface area (Å²) in [5.74, 6) is -0.180. The number of aromatic nitrogens is 2. The van der Waals surface area contributed by atoms with Crippen LogP contribution < -0.4 is 10.5 Å². The second-order valence-corrected chi connectivity index (χ2v) is 7.64. The highest BCUT2D eigenvalue weighted by Gasteiger charge is 2.27. The summed E-state index contributed by atoms with van der Waals surface area (Å²) in [5.41, 5.74) is 3.99. The molecule has 0 spiro atoms. The summed E-state index contributed by atoms with van der Waals surface area (Å²) < 4.78 is 1.33. The maximum absolute atomic E-state index is 13.7. The molecule has 1 amide bonds. The zero-order valence-electron chi connectivity index (χ0n) is 16.7. The van der Waals surface area contributed by atoms with E-state index in [9.17, 15) is 9.59 Å². The van der Waals surface area contributed by atoms with E-state index >= 15 is 0 Å². The smallest absolute Gasteiger partial charge is 0.279 e. The van der Waals surface area contributed by atoms with Crippen LogP contribution in [0.2, 0.25) is 0 Å². The summed E-state index contributed by atoms with van der Waals surface area (Å²) in [4.78, 5) is 28.6. The summed E-state index contributed by atoms with van der Waals surface area (Å²) in [6.07, 6.45) is 1.86. The predicted molar refractivity (Wildman–Crippen MR) is 119 cm³/mol. The minimum absolute atomic E-state index is 0.180. The number of hydrogen-bond acceptors (Lipinski definition) is 3. The van der Waals surface area contributed by atoms with Crippen molar-refractivity contribution in [1.82, 2.24) is 9.78 Å². The molecule has 0 aliphatic carbocycles. The number of para-hydroxylation sites is 1. The van der Waals surface area contributed by atoms with Crippen LogP contribution in [0.4, 0.5) is 5.69 Å². The molecule has 4 aromatic rings. The van der Waals surface area contributed by atoms with Crippen molar-refractivity contribution in [1.29, 1.82) is 0 Å². The van der Waals surface area contributed by atoms with Crippen molar-refractivity contribution in [2.45, 2.75) is 19.8 Å². The first kappa shape index (κ1) is 18.3. The fraction of sp³-hybridized carbons (Fsp3) is 0.160. The Balaban J connectivity index is 1.71. The molecule has 0 fully saturated rings. The number of aryl methyl sites for hydroxylation is 2. The Labute approximate surface area is 174 Å². The van der Waals surface area contributed by atoms with E-state index in [4.69, 9.17) is 0 Å². The molecule has 5 nitrogen and oxygen atoms in total. The maximum Gasteiger partial charge on any atom is 0.279 e. The van der Waals surface area contributed by atoms with Gasteiger partial charge in [0.15, 0.2) is 5.69 Å². The highest BCUT2D eigenvalue weighted by atomic mass is 16.2. The number of rotatable bonds is 2. The third kappa shape index (κ3) is 2.99. The number of nitrogens with zero attached hydrogens (tertiary/aromatic N) is 3. The van der Waals surface area contributed by atoms with Gasteiger partial charge in [0.1, 0.15) is 0 Å². The molecule has 1 aromatic heterocycles. The molecule has 2 heterocycles. The molecule has 0 N–H and O–H groups in total. The fourth-order valence-corrected chi connectivity index (χ4v) is 4.16. The highest BCUT2D eigenvalue weighted by molar-refractivity contribution is 6.12. The van der Waals surface area contributed by atoms with Gasteiger partial charge in [-0.15, -0.1) is 0 Å². The van der Waals surface area contributed by atoms with Crippen LogP contribution in [0.25, 0.3) is 16.5 Å². The molecule has 1 aliphatic rings. The number of amides is 1. The highest BCUT2D eigenvalue weighted by Crippen LogP contribution is 2.30. The van der Waals surface area contributed by atoms with Crippen molar-refractivity contribution in [3.8, 4) is 5.69 Å². The van der Waals surface area contributed by atoms with Crippen LogP contribution >= 0.6 is 0 Å². The lowest BCUT2D eigenvalue weighted by molar-refractivity contribution is 0.0980. The lowest BCUT2D eigenvalue weighted by Crippen LogP contribution is -2.37. The van der Waals surface area contributed by atoms with E-state index in [0.29, 0.717) is 28.7 Å². The van der Waals surface area contributed by atoms with Crippen LogP contribution in [0.15, 0.2) is 77.6 Å². The second-order valence-electron chi connectivity index (χ2n) is 7.64. The van der Waals surface area contributed by atoms with Crippen LogP contribution in [-0.4, -0.2) is 22.2 Å². The van der Waals surface area contributed by atoms with Crippen LogP contribution in [0.3, 0.4) is 0 Å². The molecule has 3 aromatic carbocycles. The second kappa shape index (κ2) is 7.26. The lowest BCUT2D eigenvalue weighted by Gasteiger charge is -2.30. The molecular formula is C25H21N3O2. The minimum Gasteiger partial charge on any atom is -0.307 e. The summed E-state index contributed by atoms with van der Waals surface area (Å²) >= 11 is 0. The lowest BCUT2D eigenvalue weighted by atomic mass is 9.99. The molecule has 0 saturated carbocycles. The SMILES string of the molecule is Cc1ccc2c(c1)CCCN2C(=O)c1nn(-c2ccccc2)c(=O)c2ccccc12. The van der Waals surface area contributed by atoms with Gasteiger partial charge in [0, 0.05) is 17.6 Å². The first-order chi connectivity index (χ1) is 14.6. The Hall–Kier alpha value is -3.73. The largest absolute Gasteiger partial charge is 0.307 e. The number of carbonyl (C=O) groups is 1. The van der Waals surface area contributed by atoms with Gasteiger partial charge in [0.2, 0.25) is 0 Å². The monoisotopic (exact) mass is 395 g/mol. The van der Waals surface area contributed by atoms with Crippen LogP contribution in [0.5, 0.6) is 0 Å². The van der Waals surface area contributed by atoms with E-state index < -0.39 is 0 Å². The van der Waals surface area contributed by atoms with Crippen molar-refractivity contribution >= 4 is 22.4 Å². The van der Waals surface area contributed by atoms with Gasteiger partial charge in [-0.3, -0.25) is 9.59 Å². The maximum atomic E-state index is 13.7. The third-order valence-electron chi connectivity index (χ3n) is 5.61. The van der Waals surface area contributed by atoms with Crippen LogP contribution in [0.1, 0.15) is 28.0 Å². The number of benzene rings is 3. The quantitative estimate of drug-likeness (QED) is 0.509. The Bertz CT molecular complexity index is 1330. The van der Waals surface area contributed by atoms with Gasteiger partial charge < -0.3 is 4.90 Å². The Morgan fingerprint density at radius 2 is 1.67 bits per heavy atom. The van der Waals surface area contributed by atoms with Gasteiger partial charge in [-0.25, -0.2) is 0 Å². The molecule has 148 valence electrons. The predicted octanol–water partition coefficient (Wildman–Crippen LogP) is 4.29. The van der Waals surface area contributed by atoms with Crippen molar-refractivity contribution in [2.24, 2.45) is 0 Å². The first-order valence-corrected chi connectivity index (χ1v) is 10.1. The van der Waals surface area contributed by atoms with Crippen molar-refractivity contribution in [3.63, 3.8) is 0 Å². The zero-order valence-corrected chi connectivity index (χ0v) is 16.7. The summed E-state index contributed by atoms with van der Waals surface area (Å²) in [5, 5.41) is 5.62. The summed E-state index contributed by atoms with van der Waals surface area (Å²) in [6.45, 7) is 2.70. The standard InChI is InChI=1S/C25H21N3O2/c1-17-13-14-22-18(16-17)8-7-15-27(22)25(30)23-20-11-5-6-12-21(20)24(29)28(26-23)19-9-3-2-4-10-19/h2-6,9-14,16H,7-8,15H2,1H3. The van der Waals surface area contributed by atoms with Gasteiger partial charge in [-0.2, -0.15) is 9.78 Å². The third-order valence-corrected chi connectivity index (χ3v) is 5.61. The van der Waals surface area contributed by atoms with Gasteiger partial charge >= 0.3 is 0 Å². The Morgan fingerprint density at radius 3 is 2.47 bits per heavy atom. The van der Waals surface area contributed by atoms with Crippen molar-refractivity contribution in [2.75, 3.05) is 11.4 Å². The Morgan fingerprint density at radius 1 is 0.933 bits per heavy atom. The molecule has 5 heteroatoms. The topological polar surface area (TPSA) is 55.2 Å². The van der Waals surface area contributed by atoms with E-state index in [-0.39, 0.29) is 11.5 Å². The molecular weight excluding hydrogens is 374 g/mol. The van der Waals surface area contributed by atoms with E-state index in [1.165, 1.54) is 15.8 Å². The average molecular weight is 395 g/mol. The Kier molecular flexibility index (Phi) is 4.43. The van der Waals surface area contributed by atoms with Gasteiger partial charge in [0.05, 0.1) is 11.1 Å².